The average molecular weight is 378 g/mol. The number of morpholine rings is 1. The first-order valence-corrected chi connectivity index (χ1v) is 8.68. The molecule has 0 aromatic heterocycles. The molecule has 2 aliphatic heterocycles. The third-order valence-corrected chi connectivity index (χ3v) is 4.35. The minimum atomic E-state index is -0.940. The van der Waals surface area contributed by atoms with Crippen LogP contribution in [0.4, 0.5) is 11.4 Å². The van der Waals surface area contributed by atoms with Crippen molar-refractivity contribution in [3.63, 3.8) is 0 Å². The van der Waals surface area contributed by atoms with Crippen LogP contribution in [-0.2, 0) is 19.0 Å². The largest absolute Gasteiger partial charge is 0.378 e. The Morgan fingerprint density at radius 2 is 2.04 bits per heavy atom. The SMILES string of the molecule is CC1(CC(=O)N/N=C\c2cc([N+](=O)[O-])ccc2N2CCOCC2)OCCO1. The number of nitrogens with one attached hydrogen (secondary N) is 1. The molecule has 0 atom stereocenters. The molecule has 2 heterocycles. The number of rotatable bonds is 6. The summed E-state index contributed by atoms with van der Waals surface area (Å²) in [6.07, 6.45) is 1.42. The second-order valence-electron chi connectivity index (χ2n) is 6.40. The van der Waals surface area contributed by atoms with Crippen LogP contribution in [-0.4, -0.2) is 62.3 Å². The van der Waals surface area contributed by atoms with Crippen molar-refractivity contribution in [3.05, 3.63) is 33.9 Å². The van der Waals surface area contributed by atoms with Gasteiger partial charge in [0.15, 0.2) is 5.79 Å². The molecule has 0 radical (unpaired) electrons. The molecule has 2 saturated heterocycles. The average Bonchev–Trinajstić information content (AvgIpc) is 3.08. The number of nitrogens with zero attached hydrogens (tertiary/aromatic N) is 3. The lowest BCUT2D eigenvalue weighted by Gasteiger charge is -2.29. The fourth-order valence-corrected chi connectivity index (χ4v) is 3.01. The predicted molar refractivity (Wildman–Crippen MR) is 96.8 cm³/mol. The van der Waals surface area contributed by atoms with Gasteiger partial charge in [0.05, 0.1) is 44.0 Å². The maximum atomic E-state index is 12.0. The Bertz CT molecular complexity index is 726. The molecule has 0 saturated carbocycles. The molecule has 0 unspecified atom stereocenters. The van der Waals surface area contributed by atoms with E-state index in [1.165, 1.54) is 18.3 Å². The lowest BCUT2D eigenvalue weighted by molar-refractivity contribution is -0.384. The first kappa shape index (κ1) is 19.2. The predicted octanol–water partition coefficient (Wildman–Crippen LogP) is 1.03. The van der Waals surface area contributed by atoms with Gasteiger partial charge in [0.2, 0.25) is 5.91 Å². The van der Waals surface area contributed by atoms with E-state index in [0.717, 1.165) is 5.69 Å². The van der Waals surface area contributed by atoms with Crippen molar-refractivity contribution in [2.45, 2.75) is 19.1 Å². The van der Waals surface area contributed by atoms with Crippen molar-refractivity contribution in [1.29, 1.82) is 0 Å². The molecule has 1 aromatic rings. The lowest BCUT2D eigenvalue weighted by Crippen LogP contribution is -2.36. The minimum absolute atomic E-state index is 0.00952. The Balaban J connectivity index is 1.71. The highest BCUT2D eigenvalue weighted by Crippen LogP contribution is 2.25. The fourth-order valence-electron chi connectivity index (χ4n) is 3.01. The zero-order valence-corrected chi connectivity index (χ0v) is 15.1. The van der Waals surface area contributed by atoms with Gasteiger partial charge in [-0.1, -0.05) is 0 Å². The number of carbonyl (C=O) groups excluding carboxylic acids is 1. The van der Waals surface area contributed by atoms with Crippen LogP contribution in [0.3, 0.4) is 0 Å². The Kier molecular flexibility index (Phi) is 5.99. The highest BCUT2D eigenvalue weighted by atomic mass is 16.7. The van der Waals surface area contributed by atoms with Crippen LogP contribution >= 0.6 is 0 Å². The van der Waals surface area contributed by atoms with Gasteiger partial charge < -0.3 is 19.1 Å². The van der Waals surface area contributed by atoms with Crippen LogP contribution in [0.15, 0.2) is 23.3 Å². The third-order valence-electron chi connectivity index (χ3n) is 4.35. The summed E-state index contributed by atoms with van der Waals surface area (Å²) in [6.45, 7) is 5.12. The van der Waals surface area contributed by atoms with E-state index in [1.54, 1.807) is 13.0 Å². The van der Waals surface area contributed by atoms with Crippen LogP contribution in [0.5, 0.6) is 0 Å². The quantitative estimate of drug-likeness (QED) is 0.447. The summed E-state index contributed by atoms with van der Waals surface area (Å²) in [6, 6.07) is 4.58. The maximum Gasteiger partial charge on any atom is 0.270 e. The molecule has 10 heteroatoms. The number of non-ortho nitro benzene ring substituents is 1. The van der Waals surface area contributed by atoms with E-state index in [-0.39, 0.29) is 18.0 Å². The second-order valence-corrected chi connectivity index (χ2v) is 6.40. The van der Waals surface area contributed by atoms with Gasteiger partial charge in [0, 0.05) is 36.5 Å². The summed E-state index contributed by atoms with van der Waals surface area (Å²) in [5.74, 6) is -1.31. The van der Waals surface area contributed by atoms with E-state index in [0.29, 0.717) is 45.1 Å². The minimum Gasteiger partial charge on any atom is -0.378 e. The smallest absolute Gasteiger partial charge is 0.270 e. The van der Waals surface area contributed by atoms with Gasteiger partial charge in [-0.2, -0.15) is 5.10 Å². The molecular formula is C17H22N4O6. The molecule has 146 valence electrons. The van der Waals surface area contributed by atoms with Gasteiger partial charge in [0.25, 0.3) is 5.69 Å². The standard InChI is InChI=1S/C17H22N4O6/c1-17(26-8-9-27-17)11-16(22)19-18-12-13-10-14(21(23)24)2-3-15(13)20-4-6-25-7-5-20/h2-3,10,12H,4-9,11H2,1H3,(H,19,22)/b18-12-. The first-order chi connectivity index (χ1) is 13.0. The zero-order chi connectivity index (χ0) is 19.3. The number of hydrogen-bond donors (Lipinski definition) is 1. The first-order valence-electron chi connectivity index (χ1n) is 8.68. The van der Waals surface area contributed by atoms with Gasteiger partial charge in [-0.3, -0.25) is 14.9 Å². The summed E-state index contributed by atoms with van der Waals surface area (Å²) in [5.41, 5.74) is 3.73. The highest BCUT2D eigenvalue weighted by Gasteiger charge is 2.33. The van der Waals surface area contributed by atoms with Crippen LogP contribution in [0.25, 0.3) is 0 Å². The normalized spacial score (nSPS) is 19.4. The molecule has 0 aliphatic carbocycles. The van der Waals surface area contributed by atoms with E-state index in [9.17, 15) is 14.9 Å². The number of anilines is 1. The molecule has 0 spiro atoms. The summed E-state index contributed by atoms with van der Waals surface area (Å²) in [4.78, 5) is 24.7. The molecule has 2 aliphatic rings. The van der Waals surface area contributed by atoms with E-state index in [1.807, 2.05) is 0 Å². The summed E-state index contributed by atoms with van der Waals surface area (Å²) < 4.78 is 16.1. The molecule has 1 N–H and O–H groups in total. The van der Waals surface area contributed by atoms with Gasteiger partial charge >= 0.3 is 0 Å². The van der Waals surface area contributed by atoms with Crippen LogP contribution < -0.4 is 10.3 Å². The van der Waals surface area contributed by atoms with Crippen molar-refractivity contribution in [2.75, 3.05) is 44.4 Å². The molecule has 1 amide bonds. The maximum absolute atomic E-state index is 12.0. The Morgan fingerprint density at radius 1 is 1.33 bits per heavy atom. The van der Waals surface area contributed by atoms with Crippen molar-refractivity contribution in [2.24, 2.45) is 5.10 Å². The summed E-state index contributed by atoms with van der Waals surface area (Å²) in [5, 5.41) is 15.0. The molecule has 1 aromatic carbocycles. The van der Waals surface area contributed by atoms with E-state index >= 15 is 0 Å². The molecule has 2 fully saturated rings. The van der Waals surface area contributed by atoms with E-state index < -0.39 is 10.7 Å². The van der Waals surface area contributed by atoms with Gasteiger partial charge in [-0.25, -0.2) is 5.43 Å². The zero-order valence-electron chi connectivity index (χ0n) is 15.1. The number of hydrogen-bond acceptors (Lipinski definition) is 8. The monoisotopic (exact) mass is 378 g/mol. The van der Waals surface area contributed by atoms with Crippen LogP contribution in [0, 0.1) is 10.1 Å². The Morgan fingerprint density at radius 3 is 2.70 bits per heavy atom. The number of ether oxygens (including phenoxy) is 3. The summed E-state index contributed by atoms with van der Waals surface area (Å²) in [7, 11) is 0. The molecule has 3 rings (SSSR count). The molecule has 0 bridgehead atoms. The van der Waals surface area contributed by atoms with Crippen molar-refractivity contribution in [3.8, 4) is 0 Å². The Labute approximate surface area is 156 Å². The number of amides is 1. The van der Waals surface area contributed by atoms with E-state index in [4.69, 9.17) is 14.2 Å². The highest BCUT2D eigenvalue weighted by molar-refractivity contribution is 5.90. The number of benzene rings is 1. The summed E-state index contributed by atoms with van der Waals surface area (Å²) >= 11 is 0. The molecule has 10 nitrogen and oxygen atoms in total. The number of nitro groups is 1. The van der Waals surface area contributed by atoms with Gasteiger partial charge in [-0.05, 0) is 13.0 Å². The number of nitro benzene ring substituents is 1. The second kappa shape index (κ2) is 8.42. The fraction of sp³-hybridized carbons (Fsp3) is 0.529. The van der Waals surface area contributed by atoms with Gasteiger partial charge in [0.1, 0.15) is 0 Å². The van der Waals surface area contributed by atoms with Crippen molar-refractivity contribution in [1.82, 2.24) is 5.43 Å². The lowest BCUT2D eigenvalue weighted by atomic mass is 10.1. The topological polar surface area (TPSA) is 116 Å². The molecule has 27 heavy (non-hydrogen) atoms. The Hall–Kier alpha value is -2.56. The third kappa shape index (κ3) is 5.00. The van der Waals surface area contributed by atoms with Gasteiger partial charge in [-0.15, -0.1) is 0 Å². The van der Waals surface area contributed by atoms with Crippen molar-refractivity contribution >= 4 is 23.5 Å². The van der Waals surface area contributed by atoms with Crippen LogP contribution in [0.1, 0.15) is 18.9 Å². The molecular weight excluding hydrogens is 356 g/mol. The number of carbonyl (C=O) groups is 1. The number of hydrazone groups is 1. The van der Waals surface area contributed by atoms with E-state index in [2.05, 4.69) is 15.4 Å². The van der Waals surface area contributed by atoms with Crippen molar-refractivity contribution < 1.29 is 23.9 Å². The van der Waals surface area contributed by atoms with Crippen LogP contribution in [0.2, 0.25) is 0 Å².